The molecule has 0 spiro atoms. The van der Waals surface area contributed by atoms with Gasteiger partial charge in [-0.1, -0.05) is 31.2 Å². The number of rotatable bonds is 2. The lowest BCUT2D eigenvalue weighted by Crippen LogP contribution is -2.14. The number of benzene rings is 1. The van der Waals surface area contributed by atoms with Crippen molar-refractivity contribution in [3.8, 4) is 0 Å². The zero-order valence-electron chi connectivity index (χ0n) is 8.22. The molecule has 13 heavy (non-hydrogen) atoms. The lowest BCUT2D eigenvalue weighted by molar-refractivity contribution is 0.641. The summed E-state index contributed by atoms with van der Waals surface area (Å²) in [6.07, 6.45) is 3.77. The summed E-state index contributed by atoms with van der Waals surface area (Å²) < 4.78 is 0. The molecule has 0 aliphatic carbocycles. The molecule has 1 atom stereocenters. The van der Waals surface area contributed by atoms with Crippen molar-refractivity contribution in [3.05, 3.63) is 35.4 Å². The summed E-state index contributed by atoms with van der Waals surface area (Å²) >= 11 is 0. The summed E-state index contributed by atoms with van der Waals surface area (Å²) in [7, 11) is 0. The molecule has 1 nitrogen and oxygen atoms in total. The highest BCUT2D eigenvalue weighted by atomic mass is 14.9. The zero-order valence-corrected chi connectivity index (χ0v) is 8.22. The van der Waals surface area contributed by atoms with Gasteiger partial charge in [-0.15, -0.1) is 0 Å². The predicted octanol–water partition coefficient (Wildman–Crippen LogP) is 2.67. The van der Waals surface area contributed by atoms with Crippen molar-refractivity contribution in [2.45, 2.75) is 32.2 Å². The molecule has 0 amide bonds. The van der Waals surface area contributed by atoms with E-state index >= 15 is 0 Å². The molecule has 1 aromatic rings. The van der Waals surface area contributed by atoms with Crippen molar-refractivity contribution in [2.24, 2.45) is 0 Å². The van der Waals surface area contributed by atoms with Gasteiger partial charge in [-0.25, -0.2) is 0 Å². The van der Waals surface area contributed by atoms with Gasteiger partial charge in [0, 0.05) is 6.04 Å². The Morgan fingerprint density at radius 1 is 1.38 bits per heavy atom. The van der Waals surface area contributed by atoms with E-state index in [0.29, 0.717) is 6.04 Å². The molecule has 1 N–H and O–H groups in total. The monoisotopic (exact) mass is 175 g/mol. The van der Waals surface area contributed by atoms with Crippen LogP contribution in [0.2, 0.25) is 0 Å². The van der Waals surface area contributed by atoms with E-state index in [0.717, 1.165) is 6.42 Å². The normalized spacial score (nSPS) is 22.1. The van der Waals surface area contributed by atoms with Crippen molar-refractivity contribution in [1.82, 2.24) is 5.32 Å². The number of hydrogen-bond donors (Lipinski definition) is 1. The fourth-order valence-electron chi connectivity index (χ4n) is 2.15. The molecule has 70 valence electrons. The van der Waals surface area contributed by atoms with Gasteiger partial charge in [0.1, 0.15) is 0 Å². The first-order valence-electron chi connectivity index (χ1n) is 5.23. The van der Waals surface area contributed by atoms with Gasteiger partial charge >= 0.3 is 0 Å². The van der Waals surface area contributed by atoms with E-state index in [2.05, 4.69) is 36.5 Å². The summed E-state index contributed by atoms with van der Waals surface area (Å²) in [5.74, 6) is 0. The Bertz CT molecular complexity index is 274. The highest BCUT2D eigenvalue weighted by molar-refractivity contribution is 5.30. The van der Waals surface area contributed by atoms with Gasteiger partial charge in [-0.05, 0) is 36.9 Å². The molecule has 0 aromatic heterocycles. The van der Waals surface area contributed by atoms with Crippen LogP contribution in [0.3, 0.4) is 0 Å². The van der Waals surface area contributed by atoms with Crippen LogP contribution in [0.1, 0.15) is 36.9 Å². The van der Waals surface area contributed by atoms with Crippen LogP contribution in [-0.4, -0.2) is 6.54 Å². The summed E-state index contributed by atoms with van der Waals surface area (Å²) in [5.41, 5.74) is 3.02. The van der Waals surface area contributed by atoms with Crippen molar-refractivity contribution in [2.75, 3.05) is 6.54 Å². The summed E-state index contributed by atoms with van der Waals surface area (Å²) in [5, 5.41) is 3.55. The first kappa shape index (κ1) is 8.76. The van der Waals surface area contributed by atoms with E-state index in [1.807, 2.05) is 0 Å². The second-order valence-corrected chi connectivity index (χ2v) is 3.70. The second kappa shape index (κ2) is 3.93. The maximum atomic E-state index is 3.55. The lowest BCUT2D eigenvalue weighted by atomic mass is 9.98. The van der Waals surface area contributed by atoms with Crippen LogP contribution < -0.4 is 5.32 Å². The van der Waals surface area contributed by atoms with Crippen molar-refractivity contribution in [3.63, 3.8) is 0 Å². The third-order valence-corrected chi connectivity index (χ3v) is 2.87. The minimum absolute atomic E-state index is 0.621. The average molecular weight is 175 g/mol. The SMILES string of the molecule is CCc1ccccc1C1CCCN1. The summed E-state index contributed by atoms with van der Waals surface area (Å²) in [6.45, 7) is 3.41. The minimum Gasteiger partial charge on any atom is -0.310 e. The third kappa shape index (κ3) is 1.75. The van der Waals surface area contributed by atoms with E-state index in [9.17, 15) is 0 Å². The van der Waals surface area contributed by atoms with Crippen LogP contribution in [0.25, 0.3) is 0 Å². The van der Waals surface area contributed by atoms with Crippen molar-refractivity contribution >= 4 is 0 Å². The van der Waals surface area contributed by atoms with E-state index < -0.39 is 0 Å². The van der Waals surface area contributed by atoms with E-state index in [1.54, 1.807) is 0 Å². The van der Waals surface area contributed by atoms with Crippen LogP contribution in [0.4, 0.5) is 0 Å². The van der Waals surface area contributed by atoms with Crippen LogP contribution in [-0.2, 0) is 6.42 Å². The molecule has 1 saturated heterocycles. The largest absolute Gasteiger partial charge is 0.310 e. The Morgan fingerprint density at radius 3 is 2.92 bits per heavy atom. The molecule has 1 aliphatic rings. The molecule has 0 radical (unpaired) electrons. The van der Waals surface area contributed by atoms with Crippen LogP contribution in [0.15, 0.2) is 24.3 Å². The lowest BCUT2D eigenvalue weighted by Gasteiger charge is -2.14. The standard InChI is InChI=1S/C12H17N/c1-2-10-6-3-4-7-11(10)12-8-5-9-13-12/h3-4,6-7,12-13H,2,5,8-9H2,1H3. The Hall–Kier alpha value is -0.820. The fourth-order valence-corrected chi connectivity index (χ4v) is 2.15. The Kier molecular flexibility index (Phi) is 2.65. The van der Waals surface area contributed by atoms with Gasteiger partial charge < -0.3 is 5.32 Å². The molecule has 0 saturated carbocycles. The first-order chi connectivity index (χ1) is 6.42. The maximum absolute atomic E-state index is 3.55. The first-order valence-corrected chi connectivity index (χ1v) is 5.23. The van der Waals surface area contributed by atoms with Crippen LogP contribution >= 0.6 is 0 Å². The highest BCUT2D eigenvalue weighted by Gasteiger charge is 2.17. The molecule has 1 fully saturated rings. The Morgan fingerprint density at radius 2 is 2.23 bits per heavy atom. The van der Waals surface area contributed by atoms with Gasteiger partial charge in [-0.2, -0.15) is 0 Å². The predicted molar refractivity (Wildman–Crippen MR) is 55.8 cm³/mol. The van der Waals surface area contributed by atoms with Gasteiger partial charge in [0.25, 0.3) is 0 Å². The smallest absolute Gasteiger partial charge is 0.0323 e. The van der Waals surface area contributed by atoms with Crippen molar-refractivity contribution in [1.29, 1.82) is 0 Å². The summed E-state index contributed by atoms with van der Waals surface area (Å²) in [4.78, 5) is 0. The molecular weight excluding hydrogens is 158 g/mol. The van der Waals surface area contributed by atoms with Crippen LogP contribution in [0, 0.1) is 0 Å². The Balaban J connectivity index is 2.26. The number of nitrogens with one attached hydrogen (secondary N) is 1. The molecule has 1 aliphatic heterocycles. The van der Waals surface area contributed by atoms with Gasteiger partial charge in [0.2, 0.25) is 0 Å². The number of aryl methyl sites for hydroxylation is 1. The Labute approximate surface area is 80.2 Å². The third-order valence-electron chi connectivity index (χ3n) is 2.87. The molecule has 1 heteroatoms. The zero-order chi connectivity index (χ0) is 9.10. The van der Waals surface area contributed by atoms with E-state index in [1.165, 1.54) is 30.5 Å². The molecule has 2 rings (SSSR count). The molecular formula is C12H17N. The fraction of sp³-hybridized carbons (Fsp3) is 0.500. The van der Waals surface area contributed by atoms with E-state index in [4.69, 9.17) is 0 Å². The molecule has 1 unspecified atom stereocenters. The number of hydrogen-bond acceptors (Lipinski definition) is 1. The molecule has 0 bridgehead atoms. The second-order valence-electron chi connectivity index (χ2n) is 3.70. The average Bonchev–Trinajstić information content (AvgIpc) is 2.70. The van der Waals surface area contributed by atoms with Crippen LogP contribution in [0.5, 0.6) is 0 Å². The quantitative estimate of drug-likeness (QED) is 0.728. The van der Waals surface area contributed by atoms with E-state index in [-0.39, 0.29) is 0 Å². The minimum atomic E-state index is 0.621. The highest BCUT2D eigenvalue weighted by Crippen LogP contribution is 2.25. The van der Waals surface area contributed by atoms with Gasteiger partial charge in [-0.3, -0.25) is 0 Å². The van der Waals surface area contributed by atoms with Gasteiger partial charge in [0.15, 0.2) is 0 Å². The maximum Gasteiger partial charge on any atom is 0.0323 e. The molecule has 1 aromatic carbocycles. The van der Waals surface area contributed by atoms with Crippen molar-refractivity contribution < 1.29 is 0 Å². The van der Waals surface area contributed by atoms with Gasteiger partial charge in [0.05, 0.1) is 0 Å². The summed E-state index contributed by atoms with van der Waals surface area (Å²) in [6, 6.07) is 9.42. The topological polar surface area (TPSA) is 12.0 Å². The molecule has 1 heterocycles.